The molecule has 0 spiro atoms. The minimum atomic E-state index is 0.579. The van der Waals surface area contributed by atoms with Crippen molar-refractivity contribution >= 4 is 0 Å². The molecule has 1 heterocycles. The van der Waals surface area contributed by atoms with Crippen molar-refractivity contribution in [2.24, 2.45) is 0 Å². The van der Waals surface area contributed by atoms with E-state index in [0.717, 1.165) is 30.9 Å². The Labute approximate surface area is 138 Å². The van der Waals surface area contributed by atoms with Gasteiger partial charge in [0.2, 0.25) is 0 Å². The number of ether oxygens (including phenoxy) is 2. The monoisotopic (exact) mass is 317 g/mol. The summed E-state index contributed by atoms with van der Waals surface area (Å²) in [6.07, 6.45) is 1.94. The number of methoxy groups -OCH3 is 1. The average Bonchev–Trinajstić information content (AvgIpc) is 2.93. The predicted octanol–water partition coefficient (Wildman–Crippen LogP) is 3.05. The summed E-state index contributed by atoms with van der Waals surface area (Å²) in [5.74, 6) is 0.877. The molecule has 0 bridgehead atoms. The van der Waals surface area contributed by atoms with Gasteiger partial charge in [-0.15, -0.1) is 0 Å². The Balaban J connectivity index is 1.95. The summed E-state index contributed by atoms with van der Waals surface area (Å²) < 4.78 is 12.9. The van der Waals surface area contributed by atoms with Crippen LogP contribution in [0.2, 0.25) is 0 Å². The summed E-state index contributed by atoms with van der Waals surface area (Å²) in [5, 5.41) is 7.86. The third-order valence-corrected chi connectivity index (χ3v) is 3.96. The van der Waals surface area contributed by atoms with Crippen LogP contribution in [0.25, 0.3) is 0 Å². The number of benzene rings is 1. The largest absolute Gasteiger partial charge is 0.496 e. The SMILES string of the molecule is CCOCc1cc(CNCc2cnn(CC)c2C)ccc1OC. The molecule has 5 heteroatoms. The van der Waals surface area contributed by atoms with Gasteiger partial charge in [0.15, 0.2) is 0 Å². The lowest BCUT2D eigenvalue weighted by Crippen LogP contribution is -2.13. The van der Waals surface area contributed by atoms with E-state index in [1.54, 1.807) is 7.11 Å². The van der Waals surface area contributed by atoms with Crippen molar-refractivity contribution in [1.82, 2.24) is 15.1 Å². The van der Waals surface area contributed by atoms with E-state index in [0.29, 0.717) is 13.2 Å². The van der Waals surface area contributed by atoms with Crippen molar-refractivity contribution in [2.45, 2.75) is 47.0 Å². The smallest absolute Gasteiger partial charge is 0.124 e. The molecule has 0 amide bonds. The van der Waals surface area contributed by atoms with Crippen molar-refractivity contribution < 1.29 is 9.47 Å². The highest BCUT2D eigenvalue weighted by Crippen LogP contribution is 2.21. The van der Waals surface area contributed by atoms with E-state index in [1.165, 1.54) is 16.8 Å². The Morgan fingerprint density at radius 3 is 2.65 bits per heavy atom. The lowest BCUT2D eigenvalue weighted by Gasteiger charge is -2.11. The third-order valence-electron chi connectivity index (χ3n) is 3.96. The standard InChI is InChI=1S/C18H27N3O2/c1-5-21-14(3)17(12-20-21)11-19-10-15-7-8-18(22-4)16(9-15)13-23-6-2/h7-9,12,19H,5-6,10-11,13H2,1-4H3. The van der Waals surface area contributed by atoms with Crippen LogP contribution >= 0.6 is 0 Å². The van der Waals surface area contributed by atoms with Crippen LogP contribution in [0.15, 0.2) is 24.4 Å². The molecule has 1 aromatic carbocycles. The van der Waals surface area contributed by atoms with E-state index in [9.17, 15) is 0 Å². The second-order valence-electron chi connectivity index (χ2n) is 5.46. The van der Waals surface area contributed by atoms with E-state index in [-0.39, 0.29) is 0 Å². The molecular weight excluding hydrogens is 290 g/mol. The highest BCUT2D eigenvalue weighted by molar-refractivity contribution is 5.37. The van der Waals surface area contributed by atoms with Gasteiger partial charge in [-0.05, 0) is 38.5 Å². The van der Waals surface area contributed by atoms with Crippen LogP contribution in [0.1, 0.15) is 36.2 Å². The molecule has 5 nitrogen and oxygen atoms in total. The van der Waals surface area contributed by atoms with Crippen molar-refractivity contribution in [3.63, 3.8) is 0 Å². The van der Waals surface area contributed by atoms with Gasteiger partial charge in [-0.25, -0.2) is 0 Å². The number of aryl methyl sites for hydroxylation is 1. The minimum Gasteiger partial charge on any atom is -0.496 e. The van der Waals surface area contributed by atoms with Crippen molar-refractivity contribution in [3.8, 4) is 5.75 Å². The zero-order valence-corrected chi connectivity index (χ0v) is 14.6. The maximum Gasteiger partial charge on any atom is 0.124 e. The van der Waals surface area contributed by atoms with Crippen LogP contribution in [0.3, 0.4) is 0 Å². The first-order chi connectivity index (χ1) is 11.2. The van der Waals surface area contributed by atoms with E-state index >= 15 is 0 Å². The van der Waals surface area contributed by atoms with Gasteiger partial charge in [-0.2, -0.15) is 5.10 Å². The van der Waals surface area contributed by atoms with Crippen molar-refractivity contribution in [1.29, 1.82) is 0 Å². The first-order valence-corrected chi connectivity index (χ1v) is 8.15. The molecule has 2 aromatic rings. The molecule has 0 fully saturated rings. The van der Waals surface area contributed by atoms with Gasteiger partial charge in [-0.3, -0.25) is 4.68 Å². The van der Waals surface area contributed by atoms with Gasteiger partial charge in [0.05, 0.1) is 19.9 Å². The normalized spacial score (nSPS) is 11.0. The number of rotatable bonds is 9. The molecule has 0 saturated heterocycles. The topological polar surface area (TPSA) is 48.3 Å². The number of nitrogens with one attached hydrogen (secondary N) is 1. The van der Waals surface area contributed by atoms with Crippen LogP contribution in [0.5, 0.6) is 5.75 Å². The molecular formula is C18H27N3O2. The quantitative estimate of drug-likeness (QED) is 0.772. The van der Waals surface area contributed by atoms with Crippen molar-refractivity contribution in [3.05, 3.63) is 46.8 Å². The summed E-state index contributed by atoms with van der Waals surface area (Å²) in [6.45, 7) is 10.0. The fourth-order valence-corrected chi connectivity index (χ4v) is 2.59. The van der Waals surface area contributed by atoms with Crippen LogP contribution in [0, 0.1) is 6.92 Å². The minimum absolute atomic E-state index is 0.579. The second-order valence-corrected chi connectivity index (χ2v) is 5.46. The van der Waals surface area contributed by atoms with Crippen LogP contribution < -0.4 is 10.1 Å². The number of hydrogen-bond acceptors (Lipinski definition) is 4. The number of nitrogens with zero attached hydrogens (tertiary/aromatic N) is 2. The van der Waals surface area contributed by atoms with Gasteiger partial charge in [0, 0.05) is 43.1 Å². The van der Waals surface area contributed by atoms with Crippen LogP contribution in [-0.2, 0) is 31.0 Å². The molecule has 0 radical (unpaired) electrons. The van der Waals surface area contributed by atoms with Crippen molar-refractivity contribution in [2.75, 3.05) is 13.7 Å². The summed E-state index contributed by atoms with van der Waals surface area (Å²) in [6, 6.07) is 6.24. The Hall–Kier alpha value is -1.85. The zero-order chi connectivity index (χ0) is 16.7. The van der Waals surface area contributed by atoms with Gasteiger partial charge in [0.1, 0.15) is 5.75 Å². The highest BCUT2D eigenvalue weighted by atomic mass is 16.5. The van der Waals surface area contributed by atoms with E-state index in [1.807, 2.05) is 23.9 Å². The molecule has 1 aromatic heterocycles. The molecule has 0 saturated carbocycles. The Morgan fingerprint density at radius 2 is 2.00 bits per heavy atom. The van der Waals surface area contributed by atoms with Gasteiger partial charge in [0.25, 0.3) is 0 Å². The van der Waals surface area contributed by atoms with Gasteiger partial charge >= 0.3 is 0 Å². The van der Waals surface area contributed by atoms with Gasteiger partial charge in [-0.1, -0.05) is 6.07 Å². The maximum atomic E-state index is 5.51. The summed E-state index contributed by atoms with van der Waals surface area (Å²) >= 11 is 0. The highest BCUT2D eigenvalue weighted by Gasteiger charge is 2.07. The molecule has 0 atom stereocenters. The first kappa shape index (κ1) is 17.5. The van der Waals surface area contributed by atoms with Crippen LogP contribution in [0.4, 0.5) is 0 Å². The lowest BCUT2D eigenvalue weighted by molar-refractivity contribution is 0.132. The van der Waals surface area contributed by atoms with Gasteiger partial charge < -0.3 is 14.8 Å². The molecule has 0 aliphatic rings. The molecule has 0 unspecified atom stereocenters. The Morgan fingerprint density at radius 1 is 1.17 bits per heavy atom. The third kappa shape index (κ3) is 4.56. The molecule has 1 N–H and O–H groups in total. The fourth-order valence-electron chi connectivity index (χ4n) is 2.59. The van der Waals surface area contributed by atoms with E-state index in [2.05, 4.69) is 36.4 Å². The van der Waals surface area contributed by atoms with Crippen LogP contribution in [-0.4, -0.2) is 23.5 Å². The number of aromatic nitrogens is 2. The number of hydrogen-bond donors (Lipinski definition) is 1. The predicted molar refractivity (Wildman–Crippen MR) is 91.5 cm³/mol. The Kier molecular flexibility index (Phi) is 6.62. The average molecular weight is 317 g/mol. The first-order valence-electron chi connectivity index (χ1n) is 8.15. The van der Waals surface area contributed by atoms with E-state index < -0.39 is 0 Å². The Bertz CT molecular complexity index is 623. The molecule has 23 heavy (non-hydrogen) atoms. The molecule has 126 valence electrons. The molecule has 0 aliphatic heterocycles. The summed E-state index contributed by atoms with van der Waals surface area (Å²) in [7, 11) is 1.69. The molecule has 2 rings (SSSR count). The summed E-state index contributed by atoms with van der Waals surface area (Å²) in [4.78, 5) is 0. The fraction of sp³-hybridized carbons (Fsp3) is 0.500. The molecule has 0 aliphatic carbocycles. The summed E-state index contributed by atoms with van der Waals surface area (Å²) in [5.41, 5.74) is 4.78. The zero-order valence-electron chi connectivity index (χ0n) is 14.6. The lowest BCUT2D eigenvalue weighted by atomic mass is 10.1. The van der Waals surface area contributed by atoms with E-state index in [4.69, 9.17) is 9.47 Å². The maximum absolute atomic E-state index is 5.51. The second kappa shape index (κ2) is 8.70.